The molecule has 0 aliphatic heterocycles. The second-order valence-electron chi connectivity index (χ2n) is 6.78. The van der Waals surface area contributed by atoms with Gasteiger partial charge in [-0.05, 0) is 44.1 Å². The molecule has 1 aliphatic rings. The van der Waals surface area contributed by atoms with E-state index < -0.39 is 0 Å². The van der Waals surface area contributed by atoms with Crippen molar-refractivity contribution in [1.29, 1.82) is 0 Å². The molecule has 0 bridgehead atoms. The number of carbonyl (C=O) groups excluding carboxylic acids is 1. The van der Waals surface area contributed by atoms with Gasteiger partial charge in [-0.3, -0.25) is 14.5 Å². The molecular weight excluding hydrogens is 406 g/mol. The van der Waals surface area contributed by atoms with Crippen molar-refractivity contribution in [3.05, 3.63) is 62.6 Å². The number of aromatic nitrogens is 4. The van der Waals surface area contributed by atoms with Crippen molar-refractivity contribution in [2.24, 2.45) is 0 Å². The van der Waals surface area contributed by atoms with Crippen LogP contribution < -0.4 is 10.1 Å². The second kappa shape index (κ2) is 8.71. The van der Waals surface area contributed by atoms with Gasteiger partial charge in [0, 0.05) is 23.1 Å². The van der Waals surface area contributed by atoms with E-state index in [0.29, 0.717) is 29.7 Å². The van der Waals surface area contributed by atoms with Crippen molar-refractivity contribution in [3.63, 3.8) is 0 Å². The van der Waals surface area contributed by atoms with Gasteiger partial charge in [-0.2, -0.15) is 5.10 Å². The lowest BCUT2D eigenvalue weighted by Crippen LogP contribution is -2.22. The quantitative estimate of drug-likeness (QED) is 0.420. The fourth-order valence-corrected chi connectivity index (χ4v) is 3.84. The molecule has 7 nitrogen and oxygen atoms in total. The molecule has 1 fully saturated rings. The fraction of sp³-hybridized carbons (Fsp3) is 0.300. The van der Waals surface area contributed by atoms with E-state index in [0.717, 1.165) is 34.9 Å². The Labute approximate surface area is 177 Å². The van der Waals surface area contributed by atoms with Crippen LogP contribution in [-0.2, 0) is 17.9 Å². The number of nitrogens with zero attached hydrogens (tertiary/aromatic N) is 3. The minimum atomic E-state index is -0.203. The Hall–Kier alpha value is -2.78. The summed E-state index contributed by atoms with van der Waals surface area (Å²) in [5.74, 6) is 1.25. The van der Waals surface area contributed by atoms with Crippen molar-refractivity contribution in [1.82, 2.24) is 25.1 Å². The predicted molar refractivity (Wildman–Crippen MR) is 114 cm³/mol. The normalized spacial score (nSPS) is 13.7. The van der Waals surface area contributed by atoms with Gasteiger partial charge < -0.3 is 10.1 Å². The second-order valence-corrected chi connectivity index (χ2v) is 8.23. The van der Waals surface area contributed by atoms with E-state index in [-0.39, 0.29) is 5.91 Å². The molecule has 2 aromatic heterocycles. The number of aryl methyl sites for hydroxylation is 1. The number of aromatic amines is 1. The molecule has 3 aromatic rings. The molecule has 0 spiro atoms. The van der Waals surface area contributed by atoms with E-state index >= 15 is 0 Å². The SMILES string of the molecule is Cc1nc(COc2ccccc2/C=C/C(=O)NCc2n[nH]c(=S)n2C2CC2)cs1. The first kappa shape index (κ1) is 19.5. The molecule has 1 amide bonds. The first-order valence-electron chi connectivity index (χ1n) is 9.34. The number of ether oxygens (including phenoxy) is 1. The molecule has 1 aliphatic carbocycles. The highest BCUT2D eigenvalue weighted by Gasteiger charge is 2.27. The standard InChI is InChI=1S/C20H21N5O2S2/c1-13-22-15(12-29-13)11-27-17-5-3-2-4-14(17)6-9-19(26)21-10-18-23-24-20(28)25(18)16-7-8-16/h2-6,9,12,16H,7-8,10-11H2,1H3,(H,21,26)(H,24,28)/b9-6+. The zero-order valence-electron chi connectivity index (χ0n) is 15.9. The third-order valence-electron chi connectivity index (χ3n) is 4.49. The first-order valence-corrected chi connectivity index (χ1v) is 10.6. The monoisotopic (exact) mass is 427 g/mol. The number of benzene rings is 1. The summed E-state index contributed by atoms with van der Waals surface area (Å²) >= 11 is 6.86. The smallest absolute Gasteiger partial charge is 0.244 e. The Balaban J connectivity index is 1.36. The van der Waals surface area contributed by atoms with Gasteiger partial charge in [0.2, 0.25) is 5.91 Å². The van der Waals surface area contributed by atoms with Gasteiger partial charge >= 0.3 is 0 Å². The van der Waals surface area contributed by atoms with Crippen molar-refractivity contribution in [3.8, 4) is 5.75 Å². The average molecular weight is 428 g/mol. The maximum atomic E-state index is 12.3. The van der Waals surface area contributed by atoms with E-state index in [1.807, 2.05) is 41.1 Å². The summed E-state index contributed by atoms with van der Waals surface area (Å²) in [4.78, 5) is 16.7. The van der Waals surface area contributed by atoms with Gasteiger partial charge in [0.05, 0.1) is 17.2 Å². The third kappa shape index (κ3) is 4.99. The Morgan fingerprint density at radius 3 is 3.03 bits per heavy atom. The van der Waals surface area contributed by atoms with Crippen LogP contribution in [0.5, 0.6) is 5.75 Å². The van der Waals surface area contributed by atoms with Gasteiger partial charge in [-0.1, -0.05) is 18.2 Å². The number of amides is 1. The summed E-state index contributed by atoms with van der Waals surface area (Å²) in [5.41, 5.74) is 1.73. The third-order valence-corrected chi connectivity index (χ3v) is 5.60. The summed E-state index contributed by atoms with van der Waals surface area (Å²) in [6.07, 6.45) is 5.45. The molecule has 1 saturated carbocycles. The Kier molecular flexibility index (Phi) is 5.86. The van der Waals surface area contributed by atoms with Crippen LogP contribution in [0.2, 0.25) is 0 Å². The van der Waals surface area contributed by atoms with Gasteiger partial charge in [-0.25, -0.2) is 4.98 Å². The minimum Gasteiger partial charge on any atom is -0.487 e. The Morgan fingerprint density at radius 2 is 2.28 bits per heavy atom. The predicted octanol–water partition coefficient (Wildman–Crippen LogP) is 3.95. The molecule has 0 radical (unpaired) electrons. The van der Waals surface area contributed by atoms with Crippen LogP contribution in [0, 0.1) is 11.7 Å². The number of carbonyl (C=O) groups is 1. The molecule has 4 rings (SSSR count). The lowest BCUT2D eigenvalue weighted by atomic mass is 10.2. The highest BCUT2D eigenvalue weighted by atomic mass is 32.1. The molecule has 9 heteroatoms. The van der Waals surface area contributed by atoms with Crippen LogP contribution in [0.15, 0.2) is 35.7 Å². The number of thiazole rings is 1. The molecule has 0 unspecified atom stereocenters. The van der Waals surface area contributed by atoms with Crippen molar-refractivity contribution in [2.75, 3.05) is 0 Å². The van der Waals surface area contributed by atoms with Crippen molar-refractivity contribution < 1.29 is 9.53 Å². The fourth-order valence-electron chi connectivity index (χ4n) is 2.94. The zero-order chi connectivity index (χ0) is 20.2. The number of hydrogen-bond donors (Lipinski definition) is 2. The average Bonchev–Trinajstić information content (AvgIpc) is 3.36. The van der Waals surface area contributed by atoms with Gasteiger partial charge in [0.1, 0.15) is 12.4 Å². The van der Waals surface area contributed by atoms with E-state index in [2.05, 4.69) is 20.5 Å². The number of hydrogen-bond acceptors (Lipinski definition) is 6. The van der Waals surface area contributed by atoms with Gasteiger partial charge in [0.15, 0.2) is 10.6 Å². The molecule has 150 valence electrons. The highest BCUT2D eigenvalue weighted by molar-refractivity contribution is 7.71. The maximum absolute atomic E-state index is 12.3. The molecule has 0 saturated heterocycles. The van der Waals surface area contributed by atoms with Crippen LogP contribution >= 0.6 is 23.6 Å². The minimum absolute atomic E-state index is 0.203. The Morgan fingerprint density at radius 1 is 1.45 bits per heavy atom. The maximum Gasteiger partial charge on any atom is 0.244 e. The van der Waals surface area contributed by atoms with Crippen molar-refractivity contribution in [2.45, 2.75) is 39.0 Å². The van der Waals surface area contributed by atoms with E-state index in [9.17, 15) is 4.79 Å². The van der Waals surface area contributed by atoms with Crippen molar-refractivity contribution >= 4 is 35.5 Å². The number of rotatable bonds is 8. The summed E-state index contributed by atoms with van der Waals surface area (Å²) < 4.78 is 8.48. The van der Waals surface area contributed by atoms with Crippen LogP contribution in [0.1, 0.15) is 41.0 Å². The Bertz CT molecular complexity index is 1090. The van der Waals surface area contributed by atoms with Crippen LogP contribution in [0.25, 0.3) is 6.08 Å². The molecule has 0 atom stereocenters. The number of nitrogens with one attached hydrogen (secondary N) is 2. The zero-order valence-corrected chi connectivity index (χ0v) is 17.6. The molecular formula is C20H21N5O2S2. The van der Waals surface area contributed by atoms with Gasteiger partial charge in [0.25, 0.3) is 0 Å². The van der Waals surface area contributed by atoms with Crippen LogP contribution in [0.4, 0.5) is 0 Å². The topological polar surface area (TPSA) is 84.8 Å². The summed E-state index contributed by atoms with van der Waals surface area (Å²) in [7, 11) is 0. The largest absolute Gasteiger partial charge is 0.487 e. The number of para-hydroxylation sites is 1. The van der Waals surface area contributed by atoms with Crippen LogP contribution in [-0.4, -0.2) is 25.7 Å². The first-order chi connectivity index (χ1) is 14.1. The molecule has 1 aromatic carbocycles. The summed E-state index contributed by atoms with van der Waals surface area (Å²) in [6, 6.07) is 8.01. The summed E-state index contributed by atoms with van der Waals surface area (Å²) in [5, 5.41) is 12.9. The van der Waals surface area contributed by atoms with E-state index in [1.165, 1.54) is 6.08 Å². The van der Waals surface area contributed by atoms with Crippen LogP contribution in [0.3, 0.4) is 0 Å². The summed E-state index contributed by atoms with van der Waals surface area (Å²) in [6.45, 7) is 2.69. The number of H-pyrrole nitrogens is 1. The van der Waals surface area contributed by atoms with E-state index in [4.69, 9.17) is 17.0 Å². The van der Waals surface area contributed by atoms with Gasteiger partial charge in [-0.15, -0.1) is 11.3 Å². The molecule has 29 heavy (non-hydrogen) atoms. The molecule has 2 heterocycles. The highest BCUT2D eigenvalue weighted by Crippen LogP contribution is 2.35. The lowest BCUT2D eigenvalue weighted by molar-refractivity contribution is -0.116. The van der Waals surface area contributed by atoms with E-state index in [1.54, 1.807) is 17.4 Å². The molecule has 2 N–H and O–H groups in total. The lowest BCUT2D eigenvalue weighted by Gasteiger charge is -2.08.